The van der Waals surface area contributed by atoms with E-state index in [1.165, 1.54) is 5.56 Å². The Morgan fingerprint density at radius 2 is 1.70 bits per heavy atom. The number of aliphatic imine (C=N–C) groups is 1. The average Bonchev–Trinajstić information content (AvgIpc) is 3.07. The van der Waals surface area contributed by atoms with Crippen molar-refractivity contribution in [2.24, 2.45) is 4.99 Å². The molecule has 4 rings (SSSR count). The highest BCUT2D eigenvalue weighted by molar-refractivity contribution is 6.04. The first-order valence-electron chi connectivity index (χ1n) is 8.65. The van der Waals surface area contributed by atoms with Gasteiger partial charge < -0.3 is 14.3 Å². The van der Waals surface area contributed by atoms with Gasteiger partial charge in [-0.3, -0.25) is 0 Å². The summed E-state index contributed by atoms with van der Waals surface area (Å²) >= 11 is 0. The molecule has 0 spiro atoms. The molecule has 134 valence electrons. The number of hydrogen-bond donors (Lipinski definition) is 1. The molecule has 0 unspecified atom stereocenters. The second-order valence-electron chi connectivity index (χ2n) is 6.33. The molecular formula is C23H19NO3. The number of furan rings is 1. The zero-order valence-electron chi connectivity index (χ0n) is 15.1. The lowest BCUT2D eigenvalue weighted by atomic mass is 10.0. The number of phenolic OH excluding ortho intramolecular Hbond substituents is 1. The van der Waals surface area contributed by atoms with E-state index in [2.05, 4.69) is 4.99 Å². The van der Waals surface area contributed by atoms with Crippen molar-refractivity contribution in [2.75, 3.05) is 7.11 Å². The van der Waals surface area contributed by atoms with Gasteiger partial charge >= 0.3 is 0 Å². The second kappa shape index (κ2) is 7.00. The maximum atomic E-state index is 10.4. The maximum Gasteiger partial charge on any atom is 0.228 e. The van der Waals surface area contributed by atoms with Crippen LogP contribution in [0, 0.1) is 6.92 Å². The van der Waals surface area contributed by atoms with Gasteiger partial charge in [-0.25, -0.2) is 4.99 Å². The molecule has 4 aromatic rings. The van der Waals surface area contributed by atoms with Gasteiger partial charge in [0.15, 0.2) is 0 Å². The lowest BCUT2D eigenvalue weighted by molar-refractivity contribution is 0.415. The Morgan fingerprint density at radius 3 is 2.41 bits per heavy atom. The maximum absolute atomic E-state index is 10.4. The van der Waals surface area contributed by atoms with Gasteiger partial charge in [-0.05, 0) is 42.3 Å². The first kappa shape index (κ1) is 16.9. The van der Waals surface area contributed by atoms with Gasteiger partial charge in [0.25, 0.3) is 0 Å². The van der Waals surface area contributed by atoms with Crippen molar-refractivity contribution in [3.63, 3.8) is 0 Å². The van der Waals surface area contributed by atoms with E-state index in [0.717, 1.165) is 22.4 Å². The molecule has 0 aliphatic rings. The van der Waals surface area contributed by atoms with Crippen LogP contribution in [0.15, 0.2) is 76.1 Å². The Balaban J connectivity index is 1.86. The topological polar surface area (TPSA) is 55.0 Å². The third kappa shape index (κ3) is 3.29. The SMILES string of the molecule is COc1ccc(-c2c(N=Cc3ccc(C)cc3)oc3cccc(O)c23)cc1. The van der Waals surface area contributed by atoms with Crippen LogP contribution < -0.4 is 4.74 Å². The van der Waals surface area contributed by atoms with E-state index >= 15 is 0 Å². The van der Waals surface area contributed by atoms with Crippen molar-refractivity contribution in [3.8, 4) is 22.6 Å². The number of aromatic hydroxyl groups is 1. The highest BCUT2D eigenvalue weighted by Gasteiger charge is 2.18. The second-order valence-corrected chi connectivity index (χ2v) is 6.33. The van der Waals surface area contributed by atoms with Crippen molar-refractivity contribution in [1.29, 1.82) is 0 Å². The number of phenols is 1. The summed E-state index contributed by atoms with van der Waals surface area (Å²) in [6.07, 6.45) is 1.77. The van der Waals surface area contributed by atoms with Crippen molar-refractivity contribution < 1.29 is 14.3 Å². The van der Waals surface area contributed by atoms with Gasteiger partial charge in [0, 0.05) is 6.21 Å². The molecule has 4 heteroatoms. The molecular weight excluding hydrogens is 338 g/mol. The number of hydrogen-bond acceptors (Lipinski definition) is 4. The molecule has 1 aromatic heterocycles. The Morgan fingerprint density at radius 1 is 0.963 bits per heavy atom. The van der Waals surface area contributed by atoms with E-state index in [9.17, 15) is 5.11 Å². The van der Waals surface area contributed by atoms with Crippen LogP contribution in [0.4, 0.5) is 5.88 Å². The van der Waals surface area contributed by atoms with E-state index in [0.29, 0.717) is 16.9 Å². The smallest absolute Gasteiger partial charge is 0.228 e. The van der Waals surface area contributed by atoms with Gasteiger partial charge in [0.1, 0.15) is 17.1 Å². The highest BCUT2D eigenvalue weighted by atomic mass is 16.5. The molecule has 0 saturated carbocycles. The number of methoxy groups -OCH3 is 1. The van der Waals surface area contributed by atoms with Crippen LogP contribution >= 0.6 is 0 Å². The third-order valence-corrected chi connectivity index (χ3v) is 4.46. The minimum absolute atomic E-state index is 0.166. The fourth-order valence-corrected chi connectivity index (χ4v) is 3.02. The minimum atomic E-state index is 0.166. The standard InChI is InChI=1S/C23H19NO3/c1-15-6-8-16(9-7-15)14-24-23-21(17-10-12-18(26-2)13-11-17)22-19(25)4-3-5-20(22)27-23/h3-14,25H,1-2H3. The number of ether oxygens (including phenoxy) is 1. The van der Waals surface area contributed by atoms with E-state index in [1.807, 2.05) is 61.5 Å². The average molecular weight is 357 g/mol. The van der Waals surface area contributed by atoms with Crippen LogP contribution in [0.25, 0.3) is 22.1 Å². The molecule has 0 atom stereocenters. The summed E-state index contributed by atoms with van der Waals surface area (Å²) in [5.41, 5.74) is 4.42. The van der Waals surface area contributed by atoms with Crippen LogP contribution in [0.3, 0.4) is 0 Å². The number of fused-ring (bicyclic) bond motifs is 1. The lowest BCUT2D eigenvalue weighted by Crippen LogP contribution is -1.83. The summed E-state index contributed by atoms with van der Waals surface area (Å²) in [6.45, 7) is 2.05. The summed E-state index contributed by atoms with van der Waals surface area (Å²) in [4.78, 5) is 4.57. The van der Waals surface area contributed by atoms with Gasteiger partial charge in [0.2, 0.25) is 5.88 Å². The van der Waals surface area contributed by atoms with Crippen LogP contribution in [0.5, 0.6) is 11.5 Å². The predicted octanol–water partition coefficient (Wildman–Crippen LogP) is 5.87. The Labute approximate surface area is 157 Å². The molecule has 0 amide bonds. The first-order chi connectivity index (χ1) is 13.2. The summed E-state index contributed by atoms with van der Waals surface area (Å²) in [7, 11) is 1.63. The monoisotopic (exact) mass is 357 g/mol. The quantitative estimate of drug-likeness (QED) is 0.465. The van der Waals surface area contributed by atoms with Crippen molar-refractivity contribution in [1.82, 2.24) is 0 Å². The molecule has 1 N–H and O–H groups in total. The van der Waals surface area contributed by atoms with Gasteiger partial charge in [-0.2, -0.15) is 0 Å². The van der Waals surface area contributed by atoms with Crippen LogP contribution in [0.2, 0.25) is 0 Å². The Bertz CT molecular complexity index is 1110. The normalized spacial score (nSPS) is 11.3. The zero-order chi connectivity index (χ0) is 18.8. The summed E-state index contributed by atoms with van der Waals surface area (Å²) in [5, 5.41) is 11.1. The molecule has 0 fully saturated rings. The van der Waals surface area contributed by atoms with Crippen LogP contribution in [-0.2, 0) is 0 Å². The van der Waals surface area contributed by atoms with Crippen molar-refractivity contribution in [2.45, 2.75) is 6.92 Å². The lowest BCUT2D eigenvalue weighted by Gasteiger charge is -2.04. The first-order valence-corrected chi connectivity index (χ1v) is 8.65. The highest BCUT2D eigenvalue weighted by Crippen LogP contribution is 2.44. The Kier molecular flexibility index (Phi) is 4.38. The van der Waals surface area contributed by atoms with E-state index in [4.69, 9.17) is 9.15 Å². The molecule has 4 nitrogen and oxygen atoms in total. The van der Waals surface area contributed by atoms with Crippen molar-refractivity contribution >= 4 is 23.1 Å². The molecule has 3 aromatic carbocycles. The molecule has 0 aliphatic carbocycles. The Hall–Kier alpha value is -3.53. The summed E-state index contributed by atoms with van der Waals surface area (Å²) in [5.74, 6) is 1.39. The fourth-order valence-electron chi connectivity index (χ4n) is 3.02. The van der Waals surface area contributed by atoms with Gasteiger partial charge in [0.05, 0.1) is 18.1 Å². The summed E-state index contributed by atoms with van der Waals surface area (Å²) < 4.78 is 11.2. The fraction of sp³-hybridized carbons (Fsp3) is 0.0870. The largest absolute Gasteiger partial charge is 0.507 e. The number of rotatable bonds is 4. The van der Waals surface area contributed by atoms with Gasteiger partial charge in [-0.1, -0.05) is 48.0 Å². The van der Waals surface area contributed by atoms with E-state index in [-0.39, 0.29) is 5.75 Å². The molecule has 0 bridgehead atoms. The number of aryl methyl sites for hydroxylation is 1. The molecule has 1 heterocycles. The third-order valence-electron chi connectivity index (χ3n) is 4.46. The molecule has 0 saturated heterocycles. The zero-order valence-corrected chi connectivity index (χ0v) is 15.1. The number of benzene rings is 3. The number of nitrogens with zero attached hydrogens (tertiary/aromatic N) is 1. The predicted molar refractivity (Wildman–Crippen MR) is 108 cm³/mol. The van der Waals surface area contributed by atoms with Gasteiger partial charge in [-0.15, -0.1) is 0 Å². The molecule has 27 heavy (non-hydrogen) atoms. The molecule has 0 aliphatic heterocycles. The van der Waals surface area contributed by atoms with Crippen LogP contribution in [0.1, 0.15) is 11.1 Å². The van der Waals surface area contributed by atoms with E-state index in [1.54, 1.807) is 25.5 Å². The van der Waals surface area contributed by atoms with Crippen molar-refractivity contribution in [3.05, 3.63) is 77.9 Å². The summed E-state index contributed by atoms with van der Waals surface area (Å²) in [6, 6.07) is 20.9. The van der Waals surface area contributed by atoms with Crippen LogP contribution in [-0.4, -0.2) is 18.4 Å². The van der Waals surface area contributed by atoms with E-state index < -0.39 is 0 Å². The minimum Gasteiger partial charge on any atom is -0.507 e. The molecule has 0 radical (unpaired) electrons.